The van der Waals surface area contributed by atoms with Crippen molar-refractivity contribution in [2.75, 3.05) is 6.61 Å². The van der Waals surface area contributed by atoms with Crippen molar-refractivity contribution in [3.05, 3.63) is 0 Å². The standard InChI is InChI=1S/C34H58N4O4/c1-3-4-21-41-34(40)37-32-17-9-28(10-18-32)22-26-5-13-30(14-6-26)35-24-36-31-15-7-27(8-16-31)23-29-11-19-33(20-12-29)38-42-25(2)39/h26-33,38H,3-23H2,1-2H3,(H,37,40). The Balaban J connectivity index is 1.04. The average Bonchev–Trinajstić information content (AvgIpc) is 3.00. The van der Waals surface area contributed by atoms with Gasteiger partial charge in [0.2, 0.25) is 0 Å². The Hall–Kier alpha value is -1.92. The number of amides is 1. The average molecular weight is 587 g/mol. The molecule has 238 valence electrons. The molecule has 1 amide bonds. The molecule has 0 heterocycles. The zero-order valence-electron chi connectivity index (χ0n) is 26.5. The molecule has 0 saturated heterocycles. The minimum absolute atomic E-state index is 0.233. The van der Waals surface area contributed by atoms with Gasteiger partial charge in [-0.1, -0.05) is 13.3 Å². The predicted molar refractivity (Wildman–Crippen MR) is 166 cm³/mol. The number of rotatable bonds is 12. The summed E-state index contributed by atoms with van der Waals surface area (Å²) in [4.78, 5) is 37.4. The summed E-state index contributed by atoms with van der Waals surface area (Å²) in [5, 5.41) is 3.07. The van der Waals surface area contributed by atoms with E-state index in [2.05, 4.69) is 23.7 Å². The minimum atomic E-state index is -0.257. The molecule has 0 unspecified atom stereocenters. The highest BCUT2D eigenvalue weighted by atomic mass is 16.7. The van der Waals surface area contributed by atoms with E-state index < -0.39 is 0 Å². The van der Waals surface area contributed by atoms with Crippen molar-refractivity contribution in [2.45, 2.75) is 166 Å². The molecule has 0 bridgehead atoms. The Morgan fingerprint density at radius 1 is 0.690 bits per heavy atom. The summed E-state index contributed by atoms with van der Waals surface area (Å²) in [6.07, 6.45) is 23.6. The van der Waals surface area contributed by atoms with Crippen LogP contribution in [-0.2, 0) is 14.4 Å². The highest BCUT2D eigenvalue weighted by molar-refractivity contribution is 5.67. The first kappa shape index (κ1) is 33.0. The maximum absolute atomic E-state index is 11.9. The van der Waals surface area contributed by atoms with Crippen LogP contribution in [0.25, 0.3) is 0 Å². The highest BCUT2D eigenvalue weighted by Gasteiger charge is 2.29. The maximum Gasteiger partial charge on any atom is 0.407 e. The quantitative estimate of drug-likeness (QED) is 0.138. The van der Waals surface area contributed by atoms with E-state index in [9.17, 15) is 9.59 Å². The second kappa shape index (κ2) is 18.0. The molecule has 0 spiro atoms. The molecule has 42 heavy (non-hydrogen) atoms. The van der Waals surface area contributed by atoms with E-state index in [1.54, 1.807) is 0 Å². The van der Waals surface area contributed by atoms with Crippen molar-refractivity contribution in [3.8, 4) is 0 Å². The third-order valence-electron chi connectivity index (χ3n) is 10.6. The van der Waals surface area contributed by atoms with Crippen LogP contribution in [0.4, 0.5) is 4.79 Å². The molecule has 0 aromatic rings. The molecular weight excluding hydrogens is 528 g/mol. The van der Waals surface area contributed by atoms with Gasteiger partial charge in [0.25, 0.3) is 0 Å². The second-order valence-electron chi connectivity index (χ2n) is 14.0. The van der Waals surface area contributed by atoms with E-state index in [4.69, 9.17) is 19.6 Å². The maximum atomic E-state index is 11.9. The zero-order chi connectivity index (χ0) is 29.6. The van der Waals surface area contributed by atoms with E-state index in [-0.39, 0.29) is 12.1 Å². The van der Waals surface area contributed by atoms with Crippen LogP contribution in [0.5, 0.6) is 0 Å². The van der Waals surface area contributed by atoms with Gasteiger partial charge in [-0.05, 0) is 146 Å². The van der Waals surface area contributed by atoms with Crippen LogP contribution in [0.3, 0.4) is 0 Å². The number of nitrogens with zero attached hydrogens (tertiary/aromatic N) is 2. The van der Waals surface area contributed by atoms with Gasteiger partial charge in [-0.25, -0.2) is 14.8 Å². The first-order valence-corrected chi connectivity index (χ1v) is 17.5. The number of nitrogens with one attached hydrogen (secondary N) is 2. The minimum Gasteiger partial charge on any atom is -0.450 e. The number of hydrogen-bond donors (Lipinski definition) is 2. The molecule has 4 aliphatic rings. The Morgan fingerprint density at radius 2 is 1.14 bits per heavy atom. The third-order valence-corrected chi connectivity index (χ3v) is 10.6. The van der Waals surface area contributed by atoms with Crippen LogP contribution in [0.2, 0.25) is 0 Å². The van der Waals surface area contributed by atoms with Gasteiger partial charge in [0.05, 0.1) is 24.7 Å². The molecule has 0 aliphatic heterocycles. The number of unbranched alkanes of at least 4 members (excludes halogenated alkanes) is 1. The molecule has 4 saturated carbocycles. The summed E-state index contributed by atoms with van der Waals surface area (Å²) in [7, 11) is 0. The van der Waals surface area contributed by atoms with E-state index in [1.807, 2.05) is 0 Å². The van der Waals surface area contributed by atoms with Crippen molar-refractivity contribution in [1.29, 1.82) is 0 Å². The number of ether oxygens (including phenoxy) is 1. The van der Waals surface area contributed by atoms with Crippen molar-refractivity contribution in [2.24, 2.45) is 33.7 Å². The van der Waals surface area contributed by atoms with Gasteiger partial charge in [-0.2, -0.15) is 5.48 Å². The summed E-state index contributed by atoms with van der Waals surface area (Å²) in [6.45, 7) is 4.08. The van der Waals surface area contributed by atoms with Crippen LogP contribution < -0.4 is 10.8 Å². The second-order valence-corrected chi connectivity index (χ2v) is 14.0. The first-order valence-electron chi connectivity index (χ1n) is 17.5. The summed E-state index contributed by atoms with van der Waals surface area (Å²) >= 11 is 0. The lowest BCUT2D eigenvalue weighted by Gasteiger charge is -2.33. The van der Waals surface area contributed by atoms with Gasteiger partial charge < -0.3 is 14.9 Å². The number of carbonyl (C=O) groups excluding carboxylic acids is 2. The molecule has 0 radical (unpaired) electrons. The Kier molecular flexibility index (Phi) is 14.2. The smallest absolute Gasteiger partial charge is 0.407 e. The SMILES string of the molecule is CCCCOC(=O)NC1CCC(CC2CCC(N=C=NC3CCC(CC4CCC(NOC(C)=O)CC4)CC3)CC2)CC1. The molecule has 4 fully saturated rings. The van der Waals surface area contributed by atoms with Gasteiger partial charge in [0, 0.05) is 19.0 Å². The Labute approximate surface area is 254 Å². The molecule has 8 heteroatoms. The fraction of sp³-hybridized carbons (Fsp3) is 0.912. The van der Waals surface area contributed by atoms with Crippen LogP contribution in [0.15, 0.2) is 9.98 Å². The number of hydroxylamine groups is 1. The molecule has 8 nitrogen and oxygen atoms in total. The van der Waals surface area contributed by atoms with Crippen LogP contribution in [0, 0.1) is 23.7 Å². The summed E-state index contributed by atoms with van der Waals surface area (Å²) in [5.41, 5.74) is 2.93. The molecule has 2 N–H and O–H groups in total. The number of carbonyl (C=O) groups is 2. The van der Waals surface area contributed by atoms with E-state index in [0.717, 1.165) is 62.2 Å². The van der Waals surface area contributed by atoms with Crippen LogP contribution >= 0.6 is 0 Å². The molecule has 0 atom stereocenters. The lowest BCUT2D eigenvalue weighted by molar-refractivity contribution is -0.150. The van der Waals surface area contributed by atoms with Crippen molar-refractivity contribution >= 4 is 18.1 Å². The van der Waals surface area contributed by atoms with E-state index in [1.165, 1.54) is 96.8 Å². The molecule has 4 rings (SSSR count). The lowest BCUT2D eigenvalue weighted by Crippen LogP contribution is -2.38. The Bertz CT molecular complexity index is 859. The lowest BCUT2D eigenvalue weighted by atomic mass is 9.76. The number of alkyl carbamates (subject to hydrolysis) is 1. The normalized spacial score (nSPS) is 33.6. The predicted octanol–water partition coefficient (Wildman–Crippen LogP) is 7.77. The van der Waals surface area contributed by atoms with Crippen LogP contribution in [0.1, 0.15) is 142 Å². The number of aliphatic imine (C=N–C) groups is 2. The van der Waals surface area contributed by atoms with E-state index in [0.29, 0.717) is 30.8 Å². The molecular formula is C34H58N4O4. The fourth-order valence-corrected chi connectivity index (χ4v) is 7.90. The zero-order valence-corrected chi connectivity index (χ0v) is 26.5. The van der Waals surface area contributed by atoms with Gasteiger partial charge in [0.1, 0.15) is 0 Å². The highest BCUT2D eigenvalue weighted by Crippen LogP contribution is 2.37. The van der Waals surface area contributed by atoms with E-state index >= 15 is 0 Å². The first-order chi connectivity index (χ1) is 20.5. The molecule has 4 aliphatic carbocycles. The van der Waals surface area contributed by atoms with Crippen LogP contribution in [-0.4, -0.2) is 48.8 Å². The topological polar surface area (TPSA) is 101 Å². The summed E-state index contributed by atoms with van der Waals surface area (Å²) in [5.74, 6) is 3.04. The number of hydrogen-bond acceptors (Lipinski definition) is 7. The molecule has 0 aromatic heterocycles. The monoisotopic (exact) mass is 586 g/mol. The van der Waals surface area contributed by atoms with Gasteiger partial charge in [-0.3, -0.25) is 4.79 Å². The van der Waals surface area contributed by atoms with Gasteiger partial charge in [0.15, 0.2) is 0 Å². The van der Waals surface area contributed by atoms with Crippen molar-refractivity contribution in [3.63, 3.8) is 0 Å². The van der Waals surface area contributed by atoms with Gasteiger partial charge >= 0.3 is 12.1 Å². The van der Waals surface area contributed by atoms with Crippen molar-refractivity contribution in [1.82, 2.24) is 10.8 Å². The summed E-state index contributed by atoms with van der Waals surface area (Å²) < 4.78 is 5.27. The fourth-order valence-electron chi connectivity index (χ4n) is 7.90. The third kappa shape index (κ3) is 12.0. The largest absolute Gasteiger partial charge is 0.450 e. The molecule has 0 aromatic carbocycles. The van der Waals surface area contributed by atoms with Crippen molar-refractivity contribution < 1.29 is 19.2 Å². The summed E-state index contributed by atoms with van der Waals surface area (Å²) in [6, 6.07) is 4.57. The Morgan fingerprint density at radius 3 is 1.60 bits per heavy atom. The van der Waals surface area contributed by atoms with Gasteiger partial charge in [-0.15, -0.1) is 0 Å².